The maximum Gasteiger partial charge on any atom is 0.125 e. The Kier molecular flexibility index (Phi) is 5.97. The van der Waals surface area contributed by atoms with E-state index in [0.29, 0.717) is 26.4 Å². The smallest absolute Gasteiger partial charge is 0.125 e. The van der Waals surface area contributed by atoms with Crippen molar-refractivity contribution in [2.24, 2.45) is 5.73 Å². The Morgan fingerprint density at radius 2 is 1.76 bits per heavy atom. The van der Waals surface area contributed by atoms with Crippen LogP contribution >= 0.6 is 0 Å². The Bertz CT molecular complexity index is 330. The van der Waals surface area contributed by atoms with E-state index in [1.807, 2.05) is 26.0 Å². The zero-order chi connectivity index (χ0) is 12.7. The molecule has 0 aromatic heterocycles. The molecule has 0 spiro atoms. The molecule has 0 heterocycles. The molecular formula is C13H21NO3. The highest BCUT2D eigenvalue weighted by Crippen LogP contribution is 2.24. The molecule has 96 valence electrons. The van der Waals surface area contributed by atoms with Gasteiger partial charge in [0.05, 0.1) is 19.8 Å². The van der Waals surface area contributed by atoms with E-state index in [-0.39, 0.29) is 6.61 Å². The first-order valence-corrected chi connectivity index (χ1v) is 5.80. The lowest BCUT2D eigenvalue weighted by Crippen LogP contribution is -2.10. The van der Waals surface area contributed by atoms with Gasteiger partial charge in [0.25, 0.3) is 0 Å². The highest BCUT2D eigenvalue weighted by Gasteiger charge is 2.05. The minimum Gasteiger partial charge on any atom is -0.491 e. The molecule has 0 aliphatic rings. The first-order valence-electron chi connectivity index (χ1n) is 5.80. The molecule has 1 rings (SSSR count). The van der Waals surface area contributed by atoms with Gasteiger partial charge in [-0.05, 0) is 30.5 Å². The predicted octanol–water partition coefficient (Wildman–Crippen LogP) is 1.15. The summed E-state index contributed by atoms with van der Waals surface area (Å²) in [6.45, 7) is 5.94. The number of hydrogen-bond donors (Lipinski definition) is 2. The van der Waals surface area contributed by atoms with Crippen LogP contribution in [-0.2, 0) is 11.3 Å². The van der Waals surface area contributed by atoms with E-state index in [1.54, 1.807) is 0 Å². The van der Waals surface area contributed by atoms with Gasteiger partial charge >= 0.3 is 0 Å². The van der Waals surface area contributed by atoms with Crippen LogP contribution in [-0.4, -0.2) is 31.5 Å². The van der Waals surface area contributed by atoms with Crippen molar-refractivity contribution < 1.29 is 14.6 Å². The van der Waals surface area contributed by atoms with Crippen LogP contribution in [0.3, 0.4) is 0 Å². The molecule has 0 unspecified atom stereocenters. The second kappa shape index (κ2) is 7.27. The normalized spacial score (nSPS) is 10.6. The summed E-state index contributed by atoms with van der Waals surface area (Å²) >= 11 is 0. The molecule has 0 saturated carbocycles. The fourth-order valence-electron chi connectivity index (χ4n) is 1.75. The molecule has 0 bridgehead atoms. The number of aryl methyl sites for hydroxylation is 2. The van der Waals surface area contributed by atoms with Gasteiger partial charge in [-0.25, -0.2) is 0 Å². The van der Waals surface area contributed by atoms with Crippen molar-refractivity contribution in [1.29, 1.82) is 0 Å². The molecule has 3 N–H and O–H groups in total. The van der Waals surface area contributed by atoms with Gasteiger partial charge < -0.3 is 20.3 Å². The molecule has 0 aliphatic carbocycles. The number of nitrogens with two attached hydrogens (primary N) is 1. The first-order chi connectivity index (χ1) is 8.19. The molecule has 0 atom stereocenters. The molecule has 0 saturated heterocycles. The molecule has 0 fully saturated rings. The van der Waals surface area contributed by atoms with Gasteiger partial charge in [0.2, 0.25) is 0 Å². The summed E-state index contributed by atoms with van der Waals surface area (Å²) in [5, 5.41) is 8.55. The van der Waals surface area contributed by atoms with Gasteiger partial charge in [0.1, 0.15) is 12.4 Å². The number of aliphatic hydroxyl groups is 1. The number of hydrogen-bond acceptors (Lipinski definition) is 4. The highest BCUT2D eigenvalue weighted by atomic mass is 16.5. The number of aliphatic hydroxyl groups excluding tert-OH is 1. The quantitative estimate of drug-likeness (QED) is 0.701. The minimum atomic E-state index is 0.0449. The van der Waals surface area contributed by atoms with E-state index >= 15 is 0 Å². The Hall–Kier alpha value is -1.10. The van der Waals surface area contributed by atoms with E-state index in [4.69, 9.17) is 20.3 Å². The van der Waals surface area contributed by atoms with E-state index in [1.165, 1.54) is 0 Å². The number of ether oxygens (including phenoxy) is 2. The SMILES string of the molecule is Cc1cc(CN)cc(C)c1OCCOCCO. The fraction of sp³-hybridized carbons (Fsp3) is 0.538. The van der Waals surface area contributed by atoms with Crippen molar-refractivity contribution in [2.75, 3.05) is 26.4 Å². The van der Waals surface area contributed by atoms with Crippen molar-refractivity contribution in [3.63, 3.8) is 0 Å². The second-order valence-electron chi connectivity index (χ2n) is 3.95. The predicted molar refractivity (Wildman–Crippen MR) is 67.2 cm³/mol. The minimum absolute atomic E-state index is 0.0449. The van der Waals surface area contributed by atoms with E-state index in [2.05, 4.69) is 0 Å². The Labute approximate surface area is 102 Å². The van der Waals surface area contributed by atoms with Crippen LogP contribution < -0.4 is 10.5 Å². The third-order valence-corrected chi connectivity index (χ3v) is 2.47. The van der Waals surface area contributed by atoms with Gasteiger partial charge in [0.15, 0.2) is 0 Å². The van der Waals surface area contributed by atoms with Gasteiger partial charge in [0, 0.05) is 6.54 Å². The van der Waals surface area contributed by atoms with Crippen LogP contribution in [0.5, 0.6) is 5.75 Å². The van der Waals surface area contributed by atoms with Crippen molar-refractivity contribution in [3.05, 3.63) is 28.8 Å². The molecule has 1 aromatic rings. The molecule has 0 amide bonds. The van der Waals surface area contributed by atoms with Crippen molar-refractivity contribution in [3.8, 4) is 5.75 Å². The summed E-state index contributed by atoms with van der Waals surface area (Å²) in [5.74, 6) is 0.898. The molecule has 0 radical (unpaired) electrons. The Balaban J connectivity index is 2.53. The summed E-state index contributed by atoms with van der Waals surface area (Å²) < 4.78 is 10.8. The topological polar surface area (TPSA) is 64.7 Å². The van der Waals surface area contributed by atoms with Gasteiger partial charge in [-0.2, -0.15) is 0 Å². The average Bonchev–Trinajstić information content (AvgIpc) is 2.31. The largest absolute Gasteiger partial charge is 0.491 e. The van der Waals surface area contributed by atoms with Crippen LogP contribution in [0, 0.1) is 13.8 Å². The lowest BCUT2D eigenvalue weighted by atomic mass is 10.1. The summed E-state index contributed by atoms with van der Waals surface area (Å²) in [7, 11) is 0. The van der Waals surface area contributed by atoms with E-state index < -0.39 is 0 Å². The lowest BCUT2D eigenvalue weighted by Gasteiger charge is -2.13. The summed E-state index contributed by atoms with van der Waals surface area (Å²) in [6.07, 6.45) is 0. The molecule has 4 heteroatoms. The molecule has 0 aliphatic heterocycles. The third kappa shape index (κ3) is 4.34. The molecular weight excluding hydrogens is 218 g/mol. The Morgan fingerprint density at radius 1 is 1.12 bits per heavy atom. The fourth-order valence-corrected chi connectivity index (χ4v) is 1.75. The lowest BCUT2D eigenvalue weighted by molar-refractivity contribution is 0.0702. The summed E-state index contributed by atoms with van der Waals surface area (Å²) in [5.41, 5.74) is 8.90. The van der Waals surface area contributed by atoms with Crippen LogP contribution in [0.2, 0.25) is 0 Å². The van der Waals surface area contributed by atoms with Crippen LogP contribution in [0.4, 0.5) is 0 Å². The maximum absolute atomic E-state index is 8.55. The molecule has 1 aromatic carbocycles. The van der Waals surface area contributed by atoms with Crippen LogP contribution in [0.25, 0.3) is 0 Å². The average molecular weight is 239 g/mol. The summed E-state index contributed by atoms with van der Waals surface area (Å²) in [6, 6.07) is 4.08. The van der Waals surface area contributed by atoms with E-state index in [9.17, 15) is 0 Å². The number of rotatable bonds is 7. The maximum atomic E-state index is 8.55. The van der Waals surface area contributed by atoms with Gasteiger partial charge in [-0.15, -0.1) is 0 Å². The molecule has 17 heavy (non-hydrogen) atoms. The summed E-state index contributed by atoms with van der Waals surface area (Å²) in [4.78, 5) is 0. The van der Waals surface area contributed by atoms with Crippen molar-refractivity contribution >= 4 is 0 Å². The van der Waals surface area contributed by atoms with Crippen LogP contribution in [0.15, 0.2) is 12.1 Å². The standard InChI is InChI=1S/C13H21NO3/c1-10-7-12(9-14)8-11(2)13(10)17-6-5-16-4-3-15/h7-8,15H,3-6,9,14H2,1-2H3. The Morgan fingerprint density at radius 3 is 2.29 bits per heavy atom. The monoisotopic (exact) mass is 239 g/mol. The van der Waals surface area contributed by atoms with Gasteiger partial charge in [-0.3, -0.25) is 0 Å². The van der Waals surface area contributed by atoms with Crippen molar-refractivity contribution in [2.45, 2.75) is 20.4 Å². The van der Waals surface area contributed by atoms with E-state index in [0.717, 1.165) is 22.4 Å². The molecule has 4 nitrogen and oxygen atoms in total. The number of benzene rings is 1. The zero-order valence-corrected chi connectivity index (χ0v) is 10.5. The first kappa shape index (κ1) is 14.0. The highest BCUT2D eigenvalue weighted by molar-refractivity contribution is 5.43. The van der Waals surface area contributed by atoms with Crippen molar-refractivity contribution in [1.82, 2.24) is 0 Å². The zero-order valence-electron chi connectivity index (χ0n) is 10.5. The third-order valence-electron chi connectivity index (χ3n) is 2.47. The van der Waals surface area contributed by atoms with Crippen LogP contribution in [0.1, 0.15) is 16.7 Å². The second-order valence-corrected chi connectivity index (χ2v) is 3.95. The van der Waals surface area contributed by atoms with Gasteiger partial charge in [-0.1, -0.05) is 12.1 Å².